The molecule has 2 N–H and O–H groups in total. The Morgan fingerprint density at radius 1 is 0.854 bits per heavy atom. The van der Waals surface area contributed by atoms with Crippen molar-refractivity contribution in [1.29, 1.82) is 0 Å². The summed E-state index contributed by atoms with van der Waals surface area (Å²) >= 11 is 1.24. The molecule has 0 aliphatic heterocycles. The zero-order valence-electron chi connectivity index (χ0n) is 23.2. The van der Waals surface area contributed by atoms with Crippen LogP contribution in [-0.4, -0.2) is 71.2 Å². The lowest BCUT2D eigenvalue weighted by molar-refractivity contribution is 0.0956. The first-order valence-electron chi connectivity index (χ1n) is 13.6. The number of nitrogens with zero attached hydrogens (tertiary/aromatic N) is 3. The van der Waals surface area contributed by atoms with Gasteiger partial charge in [-0.25, -0.2) is 9.97 Å². The van der Waals surface area contributed by atoms with Gasteiger partial charge in [0.05, 0.1) is 16.4 Å². The number of fused-ring (bicyclic) bond motifs is 2. The predicted octanol–water partition coefficient (Wildman–Crippen LogP) is 3.79. The fraction of sp³-hybridized carbons (Fsp3) is 0.333. The molecule has 0 radical (unpaired) electrons. The number of rotatable bonds is 12. The van der Waals surface area contributed by atoms with E-state index >= 15 is 0 Å². The molecule has 0 saturated carbocycles. The Kier molecular flexibility index (Phi) is 8.36. The van der Waals surface area contributed by atoms with E-state index in [1.54, 1.807) is 6.92 Å². The molecule has 0 atom stereocenters. The summed E-state index contributed by atoms with van der Waals surface area (Å²) in [4.78, 5) is 61.5. The van der Waals surface area contributed by atoms with Gasteiger partial charge < -0.3 is 20.0 Å². The molecule has 41 heavy (non-hydrogen) atoms. The summed E-state index contributed by atoms with van der Waals surface area (Å²) in [7, 11) is 1.99. The van der Waals surface area contributed by atoms with Gasteiger partial charge in [0.1, 0.15) is 10.6 Å². The molecule has 2 heterocycles. The van der Waals surface area contributed by atoms with Gasteiger partial charge in [-0.15, -0.1) is 11.3 Å². The lowest BCUT2D eigenvalue weighted by Gasteiger charge is -2.18. The molecule has 1 aromatic carbocycles. The van der Waals surface area contributed by atoms with E-state index in [0.29, 0.717) is 28.5 Å². The molecule has 11 heteroatoms. The number of ketones is 4. The van der Waals surface area contributed by atoms with E-state index in [-0.39, 0.29) is 57.6 Å². The highest BCUT2D eigenvalue weighted by atomic mass is 32.1. The maximum absolute atomic E-state index is 13.0. The fourth-order valence-electron chi connectivity index (χ4n) is 4.69. The van der Waals surface area contributed by atoms with E-state index in [4.69, 9.17) is 4.42 Å². The number of hydrogen-bond donors (Lipinski definition) is 2. The Hall–Kier alpha value is -4.22. The van der Waals surface area contributed by atoms with E-state index in [0.717, 1.165) is 32.4 Å². The summed E-state index contributed by atoms with van der Waals surface area (Å²) in [6, 6.07) is 7.68. The van der Waals surface area contributed by atoms with E-state index in [9.17, 15) is 19.2 Å². The van der Waals surface area contributed by atoms with Gasteiger partial charge in [0.2, 0.25) is 29.0 Å². The number of carbonyl (C=O) groups excluding carboxylic acids is 4. The minimum Gasteiger partial charge on any atom is -0.432 e. The molecule has 0 amide bonds. The molecule has 0 fully saturated rings. The van der Waals surface area contributed by atoms with Crippen molar-refractivity contribution in [3.05, 3.63) is 80.4 Å². The van der Waals surface area contributed by atoms with E-state index in [2.05, 4.69) is 32.4 Å². The van der Waals surface area contributed by atoms with Crippen molar-refractivity contribution < 1.29 is 23.6 Å². The lowest BCUT2D eigenvalue weighted by Crippen LogP contribution is -2.31. The zero-order valence-corrected chi connectivity index (χ0v) is 24.0. The van der Waals surface area contributed by atoms with Crippen LogP contribution in [0, 0.1) is 6.92 Å². The van der Waals surface area contributed by atoms with Crippen LogP contribution in [0.4, 0.5) is 0 Å². The monoisotopic (exact) mass is 573 g/mol. The first kappa shape index (κ1) is 28.3. The predicted molar refractivity (Wildman–Crippen MR) is 154 cm³/mol. The van der Waals surface area contributed by atoms with Crippen molar-refractivity contribution in [2.24, 2.45) is 0 Å². The second kappa shape index (κ2) is 12.1. The third kappa shape index (κ3) is 6.10. The Labute approximate surface area is 241 Å². The van der Waals surface area contributed by atoms with Crippen molar-refractivity contribution >= 4 is 34.5 Å². The summed E-state index contributed by atoms with van der Waals surface area (Å²) in [6.07, 6.45) is 5.06. The van der Waals surface area contributed by atoms with Gasteiger partial charge in [0.15, 0.2) is 11.5 Å². The van der Waals surface area contributed by atoms with E-state index in [1.807, 2.05) is 31.3 Å². The second-order valence-electron chi connectivity index (χ2n) is 10.0. The van der Waals surface area contributed by atoms with Crippen LogP contribution < -0.4 is 10.6 Å². The van der Waals surface area contributed by atoms with Gasteiger partial charge >= 0.3 is 0 Å². The van der Waals surface area contributed by atoms with Crippen molar-refractivity contribution in [2.45, 2.75) is 33.1 Å². The van der Waals surface area contributed by atoms with E-state index < -0.39 is 0 Å². The van der Waals surface area contributed by atoms with Crippen molar-refractivity contribution in [3.63, 3.8) is 0 Å². The highest BCUT2D eigenvalue weighted by Gasteiger charge is 2.32. The average Bonchev–Trinajstić information content (AvgIpc) is 3.59. The lowest BCUT2D eigenvalue weighted by atomic mass is 10.0. The highest BCUT2D eigenvalue weighted by molar-refractivity contribution is 7.14. The van der Waals surface area contributed by atoms with Gasteiger partial charge in [-0.2, -0.15) is 0 Å². The molecular formula is C30H31N5O5S. The van der Waals surface area contributed by atoms with Crippen LogP contribution in [0.15, 0.2) is 52.2 Å². The smallest absolute Gasteiger partial charge is 0.246 e. The Morgan fingerprint density at radius 2 is 1.49 bits per heavy atom. The van der Waals surface area contributed by atoms with Crippen LogP contribution in [0.2, 0.25) is 0 Å². The fourth-order valence-corrected chi connectivity index (χ4v) is 5.52. The van der Waals surface area contributed by atoms with Gasteiger partial charge in [0.25, 0.3) is 0 Å². The third-order valence-electron chi connectivity index (χ3n) is 6.95. The summed E-state index contributed by atoms with van der Waals surface area (Å²) in [5, 5.41) is 6.85. The molecule has 2 aliphatic carbocycles. The number of allylic oxidation sites excluding steroid dienone is 4. The van der Waals surface area contributed by atoms with Crippen LogP contribution >= 0.6 is 11.3 Å². The number of thiazole rings is 1. The van der Waals surface area contributed by atoms with Crippen molar-refractivity contribution in [1.82, 2.24) is 25.5 Å². The summed E-state index contributed by atoms with van der Waals surface area (Å²) < 4.78 is 5.73. The quantitative estimate of drug-likeness (QED) is 0.308. The van der Waals surface area contributed by atoms with Crippen LogP contribution in [0.25, 0.3) is 11.5 Å². The van der Waals surface area contributed by atoms with E-state index in [1.165, 1.54) is 29.1 Å². The number of oxazole rings is 1. The van der Waals surface area contributed by atoms with Crippen molar-refractivity contribution in [2.75, 3.05) is 33.2 Å². The minimum absolute atomic E-state index is 0.0337. The number of Topliss-reactive ketones (excluding diaryl/α,β-unsaturated/α-hetero) is 2. The number of benzene rings is 1. The average molecular weight is 574 g/mol. The van der Waals surface area contributed by atoms with Gasteiger partial charge in [0, 0.05) is 30.8 Å². The summed E-state index contributed by atoms with van der Waals surface area (Å²) in [5.41, 5.74) is 2.66. The molecule has 2 aliphatic rings. The van der Waals surface area contributed by atoms with Gasteiger partial charge in [-0.1, -0.05) is 19.1 Å². The molecule has 3 aromatic rings. The maximum Gasteiger partial charge on any atom is 0.246 e. The van der Waals surface area contributed by atoms with Crippen LogP contribution in [0.5, 0.6) is 0 Å². The number of hydrogen-bond acceptors (Lipinski definition) is 11. The molecule has 0 spiro atoms. The van der Waals surface area contributed by atoms with Crippen molar-refractivity contribution in [3.8, 4) is 11.5 Å². The zero-order chi connectivity index (χ0) is 29.1. The maximum atomic E-state index is 13.0. The number of aromatic nitrogens is 2. The summed E-state index contributed by atoms with van der Waals surface area (Å²) in [5.74, 6) is -0.952. The number of nitrogens with one attached hydrogen (secondary N) is 2. The standard InChI is InChI=1S/C30H31N5O5S/c1-4-18-7-9-19(10-8-18)30-34-24-22(36)15-21(27(39)28(24)40-30)32-12-6-14-35(3)13-5-11-31-20-16-23(37)29-25(26(20)38)33-17(2)41-29/h7-10,15-16,31-32H,4-6,11-14H2,1-3H3. The highest BCUT2D eigenvalue weighted by Crippen LogP contribution is 2.28. The molecule has 0 saturated heterocycles. The first-order chi connectivity index (χ1) is 19.7. The molecule has 212 valence electrons. The number of aryl methyl sites for hydroxylation is 2. The van der Waals surface area contributed by atoms with Gasteiger partial charge in [-0.05, 0) is 64.0 Å². The molecule has 2 aromatic heterocycles. The Balaban J connectivity index is 1.04. The SMILES string of the molecule is CCc1ccc(-c2nc3c(o2)C(=O)C(NCCCN(C)CCCNC2=CC(=O)c4sc(C)nc4C2=O)=CC3=O)cc1. The van der Waals surface area contributed by atoms with Crippen LogP contribution in [-0.2, 0) is 6.42 Å². The van der Waals surface area contributed by atoms with Gasteiger partial charge in [-0.3, -0.25) is 19.2 Å². The minimum atomic E-state index is -0.382. The summed E-state index contributed by atoms with van der Waals surface area (Å²) in [6.45, 7) is 6.42. The third-order valence-corrected chi connectivity index (χ3v) is 7.94. The van der Waals surface area contributed by atoms with Crippen LogP contribution in [0.3, 0.4) is 0 Å². The Bertz CT molecular complexity index is 1580. The number of carbonyl (C=O) groups is 4. The Morgan fingerprint density at radius 3 is 2.15 bits per heavy atom. The molecular weight excluding hydrogens is 542 g/mol. The normalized spacial score (nSPS) is 14.6. The van der Waals surface area contributed by atoms with Crippen LogP contribution in [0.1, 0.15) is 71.5 Å². The molecule has 10 nitrogen and oxygen atoms in total. The molecule has 5 rings (SSSR count). The largest absolute Gasteiger partial charge is 0.432 e. The topological polar surface area (TPSA) is 134 Å². The second-order valence-corrected chi connectivity index (χ2v) is 11.2. The first-order valence-corrected chi connectivity index (χ1v) is 14.4. The molecule has 0 unspecified atom stereocenters. The molecule has 0 bridgehead atoms.